The van der Waals surface area contributed by atoms with E-state index in [4.69, 9.17) is 0 Å². The third-order valence-corrected chi connectivity index (χ3v) is 4.66. The molecule has 142 valence electrons. The van der Waals surface area contributed by atoms with E-state index in [1.54, 1.807) is 12.4 Å². The monoisotopic (exact) mass is 375 g/mol. The number of nitrogens with one attached hydrogen (secondary N) is 1. The van der Waals surface area contributed by atoms with Gasteiger partial charge in [-0.25, -0.2) is 15.0 Å². The van der Waals surface area contributed by atoms with Gasteiger partial charge in [0.05, 0.1) is 6.20 Å². The molecule has 3 aromatic heterocycles. The minimum absolute atomic E-state index is 0.247. The molecule has 0 atom stereocenters. The molecule has 28 heavy (non-hydrogen) atoms. The fraction of sp³-hybridized carbons (Fsp3) is 0.250. The van der Waals surface area contributed by atoms with Gasteiger partial charge in [-0.05, 0) is 18.2 Å². The molecule has 0 bridgehead atoms. The predicted molar refractivity (Wildman–Crippen MR) is 106 cm³/mol. The van der Waals surface area contributed by atoms with Crippen LogP contribution in [0, 0.1) is 0 Å². The standard InChI is InChI=1S/C20H21N7O/c28-20(17-15-21-8-9-22-17)25-14-16-4-3-7-24-19(16)27-12-10-26(11-13-27)18-5-1-2-6-23-18/h1-9,15H,10-14H2,(H,25,28). The lowest BCUT2D eigenvalue weighted by molar-refractivity contribution is 0.0945. The van der Waals surface area contributed by atoms with Crippen molar-refractivity contribution in [3.8, 4) is 0 Å². The smallest absolute Gasteiger partial charge is 0.271 e. The second-order valence-electron chi connectivity index (χ2n) is 6.42. The van der Waals surface area contributed by atoms with Gasteiger partial charge in [-0.1, -0.05) is 12.1 Å². The summed E-state index contributed by atoms with van der Waals surface area (Å²) in [5.41, 5.74) is 1.28. The number of carbonyl (C=O) groups is 1. The summed E-state index contributed by atoms with van der Waals surface area (Å²) in [7, 11) is 0. The highest BCUT2D eigenvalue weighted by Gasteiger charge is 2.21. The van der Waals surface area contributed by atoms with Crippen molar-refractivity contribution in [1.82, 2.24) is 25.3 Å². The van der Waals surface area contributed by atoms with E-state index < -0.39 is 0 Å². The molecule has 1 amide bonds. The van der Waals surface area contributed by atoms with E-state index >= 15 is 0 Å². The molecule has 8 nitrogen and oxygen atoms in total. The molecule has 0 saturated carbocycles. The predicted octanol–water partition coefficient (Wildman–Crippen LogP) is 1.52. The number of aromatic nitrogens is 4. The van der Waals surface area contributed by atoms with Crippen molar-refractivity contribution in [2.45, 2.75) is 6.54 Å². The average molecular weight is 375 g/mol. The first kappa shape index (κ1) is 17.8. The van der Waals surface area contributed by atoms with Crippen molar-refractivity contribution in [2.75, 3.05) is 36.0 Å². The summed E-state index contributed by atoms with van der Waals surface area (Å²) in [5, 5.41) is 2.90. The molecule has 4 rings (SSSR count). The number of anilines is 2. The van der Waals surface area contributed by atoms with Crippen LogP contribution in [-0.2, 0) is 6.54 Å². The number of amides is 1. The lowest BCUT2D eigenvalue weighted by Gasteiger charge is -2.36. The summed E-state index contributed by atoms with van der Waals surface area (Å²) in [6.07, 6.45) is 8.11. The quantitative estimate of drug-likeness (QED) is 0.723. The Balaban J connectivity index is 1.40. The number of nitrogens with zero attached hydrogens (tertiary/aromatic N) is 6. The molecular weight excluding hydrogens is 354 g/mol. The van der Waals surface area contributed by atoms with Gasteiger partial charge in [-0.3, -0.25) is 9.78 Å². The number of hydrogen-bond donors (Lipinski definition) is 1. The largest absolute Gasteiger partial charge is 0.353 e. The first-order valence-corrected chi connectivity index (χ1v) is 9.20. The number of hydrogen-bond acceptors (Lipinski definition) is 7. The van der Waals surface area contributed by atoms with Gasteiger partial charge in [0, 0.05) is 63.1 Å². The van der Waals surface area contributed by atoms with E-state index in [1.807, 2.05) is 36.5 Å². The summed E-state index contributed by atoms with van der Waals surface area (Å²) in [4.78, 5) is 33.7. The van der Waals surface area contributed by atoms with E-state index in [0.29, 0.717) is 12.2 Å². The van der Waals surface area contributed by atoms with Crippen molar-refractivity contribution < 1.29 is 4.79 Å². The van der Waals surface area contributed by atoms with Gasteiger partial charge in [-0.15, -0.1) is 0 Å². The van der Waals surface area contributed by atoms with E-state index in [9.17, 15) is 4.79 Å². The molecule has 1 fully saturated rings. The van der Waals surface area contributed by atoms with Crippen LogP contribution >= 0.6 is 0 Å². The molecule has 0 radical (unpaired) electrons. The normalized spacial score (nSPS) is 14.0. The zero-order valence-electron chi connectivity index (χ0n) is 15.4. The average Bonchev–Trinajstić information content (AvgIpc) is 2.79. The minimum atomic E-state index is -0.247. The van der Waals surface area contributed by atoms with Gasteiger partial charge < -0.3 is 15.1 Å². The Bertz CT molecular complexity index is 912. The molecule has 1 saturated heterocycles. The molecule has 0 spiro atoms. The Morgan fingerprint density at radius 2 is 1.71 bits per heavy atom. The Morgan fingerprint density at radius 1 is 0.893 bits per heavy atom. The van der Waals surface area contributed by atoms with Gasteiger partial charge in [0.1, 0.15) is 17.3 Å². The summed E-state index contributed by atoms with van der Waals surface area (Å²) < 4.78 is 0. The molecule has 0 aliphatic carbocycles. The van der Waals surface area contributed by atoms with E-state index in [-0.39, 0.29) is 5.91 Å². The second kappa shape index (κ2) is 8.43. The number of pyridine rings is 2. The lowest BCUT2D eigenvalue weighted by Crippen LogP contribution is -2.47. The van der Waals surface area contributed by atoms with Gasteiger partial charge in [-0.2, -0.15) is 0 Å². The molecule has 1 aliphatic rings. The van der Waals surface area contributed by atoms with Gasteiger partial charge >= 0.3 is 0 Å². The Labute approximate surface area is 163 Å². The zero-order chi connectivity index (χ0) is 19.2. The van der Waals surface area contributed by atoms with Crippen LogP contribution in [0.15, 0.2) is 61.3 Å². The van der Waals surface area contributed by atoms with Crippen molar-refractivity contribution in [2.24, 2.45) is 0 Å². The Hall–Kier alpha value is -3.55. The van der Waals surface area contributed by atoms with Crippen LogP contribution in [0.4, 0.5) is 11.6 Å². The van der Waals surface area contributed by atoms with Crippen LogP contribution < -0.4 is 15.1 Å². The maximum atomic E-state index is 12.2. The number of piperazine rings is 1. The SMILES string of the molecule is O=C(NCc1cccnc1N1CCN(c2ccccn2)CC1)c1cnccn1. The van der Waals surface area contributed by atoms with Gasteiger partial charge in [0.25, 0.3) is 5.91 Å². The summed E-state index contributed by atoms with van der Waals surface area (Å²) in [6.45, 7) is 3.83. The van der Waals surface area contributed by atoms with Crippen molar-refractivity contribution in [3.63, 3.8) is 0 Å². The van der Waals surface area contributed by atoms with E-state index in [1.165, 1.54) is 12.4 Å². The molecule has 3 aromatic rings. The molecule has 4 heterocycles. The van der Waals surface area contributed by atoms with Crippen LogP contribution in [0.2, 0.25) is 0 Å². The highest BCUT2D eigenvalue weighted by molar-refractivity contribution is 5.91. The summed E-state index contributed by atoms with van der Waals surface area (Å²) in [6, 6.07) is 9.84. The number of rotatable bonds is 5. The lowest BCUT2D eigenvalue weighted by atomic mass is 10.2. The van der Waals surface area contributed by atoms with Crippen LogP contribution in [0.25, 0.3) is 0 Å². The first-order chi connectivity index (χ1) is 13.8. The third-order valence-electron chi connectivity index (χ3n) is 4.66. The zero-order valence-corrected chi connectivity index (χ0v) is 15.4. The van der Waals surface area contributed by atoms with Crippen LogP contribution in [-0.4, -0.2) is 52.0 Å². The number of carbonyl (C=O) groups excluding carboxylic acids is 1. The van der Waals surface area contributed by atoms with Gasteiger partial charge in [0.15, 0.2) is 0 Å². The van der Waals surface area contributed by atoms with E-state index in [0.717, 1.165) is 43.4 Å². The highest BCUT2D eigenvalue weighted by atomic mass is 16.1. The fourth-order valence-electron chi connectivity index (χ4n) is 3.22. The molecule has 0 unspecified atom stereocenters. The topological polar surface area (TPSA) is 87.1 Å². The van der Waals surface area contributed by atoms with Crippen LogP contribution in [0.1, 0.15) is 16.1 Å². The van der Waals surface area contributed by atoms with Crippen molar-refractivity contribution >= 4 is 17.5 Å². The van der Waals surface area contributed by atoms with E-state index in [2.05, 4.69) is 35.1 Å². The van der Waals surface area contributed by atoms with Crippen LogP contribution in [0.5, 0.6) is 0 Å². The first-order valence-electron chi connectivity index (χ1n) is 9.20. The molecule has 1 aliphatic heterocycles. The Kier molecular flexibility index (Phi) is 5.37. The van der Waals surface area contributed by atoms with Crippen molar-refractivity contribution in [3.05, 3.63) is 72.6 Å². The molecule has 8 heteroatoms. The molecule has 1 N–H and O–H groups in total. The van der Waals surface area contributed by atoms with Gasteiger partial charge in [0.2, 0.25) is 0 Å². The minimum Gasteiger partial charge on any atom is -0.353 e. The fourth-order valence-corrected chi connectivity index (χ4v) is 3.22. The highest BCUT2D eigenvalue weighted by Crippen LogP contribution is 2.21. The maximum Gasteiger partial charge on any atom is 0.271 e. The Morgan fingerprint density at radius 3 is 2.46 bits per heavy atom. The molecule has 0 aromatic carbocycles. The van der Waals surface area contributed by atoms with Crippen molar-refractivity contribution in [1.29, 1.82) is 0 Å². The summed E-state index contributed by atoms with van der Waals surface area (Å²) in [5.74, 6) is 1.66. The second-order valence-corrected chi connectivity index (χ2v) is 6.42. The maximum absolute atomic E-state index is 12.2. The summed E-state index contributed by atoms with van der Waals surface area (Å²) >= 11 is 0. The third kappa shape index (κ3) is 4.06. The van der Waals surface area contributed by atoms with Crippen LogP contribution in [0.3, 0.4) is 0 Å². The molecular formula is C20H21N7O.